The van der Waals surface area contributed by atoms with Gasteiger partial charge in [0.15, 0.2) is 0 Å². The molecule has 0 aromatic carbocycles. The van der Waals surface area contributed by atoms with E-state index in [4.69, 9.17) is 20.9 Å². The summed E-state index contributed by atoms with van der Waals surface area (Å²) >= 11 is 0. The van der Waals surface area contributed by atoms with Crippen LogP contribution in [0.15, 0.2) is 0 Å². The molecule has 0 aliphatic heterocycles. The maximum atomic E-state index is 11.9. The summed E-state index contributed by atoms with van der Waals surface area (Å²) in [6, 6.07) is 0.442. The second kappa shape index (κ2) is 26.8. The monoisotopic (exact) mass is 561 g/mol. The smallest absolute Gasteiger partial charge is 0.221 e. The van der Waals surface area contributed by atoms with Crippen LogP contribution in [0.3, 0.4) is 0 Å². The zero-order valence-corrected chi connectivity index (χ0v) is 24.9. The molecule has 0 aliphatic carbocycles. The summed E-state index contributed by atoms with van der Waals surface area (Å²) in [6.45, 7) is 17.4. The molecule has 11 N–H and O–H groups in total. The predicted octanol–water partition coefficient (Wildman–Crippen LogP) is -2.55. The van der Waals surface area contributed by atoms with E-state index < -0.39 is 0 Å². The number of rotatable bonds is 28. The zero-order valence-electron chi connectivity index (χ0n) is 24.9. The minimum atomic E-state index is 0.0349. The van der Waals surface area contributed by atoms with Gasteiger partial charge in [-0.05, 0) is 27.7 Å². The van der Waals surface area contributed by atoms with Crippen molar-refractivity contribution in [2.75, 3.05) is 91.9 Å². The van der Waals surface area contributed by atoms with E-state index in [0.29, 0.717) is 65.4 Å². The Bertz CT molecular complexity index is 538. The predicted molar refractivity (Wildman–Crippen MR) is 158 cm³/mol. The molecule has 0 heterocycles. The minimum Gasteiger partial charge on any atom is -0.378 e. The number of nitrogens with two attached hydrogens (primary N) is 2. The molecule has 13 heteroatoms. The Morgan fingerprint density at radius 1 is 0.538 bits per heavy atom. The van der Waals surface area contributed by atoms with Crippen LogP contribution in [0, 0.1) is 0 Å². The molecule has 4 atom stereocenters. The average molecular weight is 562 g/mol. The highest BCUT2D eigenvalue weighted by Crippen LogP contribution is 1.89. The van der Waals surface area contributed by atoms with Crippen molar-refractivity contribution in [3.63, 3.8) is 0 Å². The molecule has 0 fully saturated rings. The molecule has 0 bridgehead atoms. The van der Waals surface area contributed by atoms with Gasteiger partial charge in [0, 0.05) is 102 Å². The maximum Gasteiger partial charge on any atom is 0.221 e. The zero-order chi connectivity index (χ0) is 29.1. The van der Waals surface area contributed by atoms with E-state index >= 15 is 0 Å². The van der Waals surface area contributed by atoms with Crippen LogP contribution in [0.25, 0.3) is 0 Å². The van der Waals surface area contributed by atoms with Gasteiger partial charge in [0.05, 0.1) is 26.4 Å². The Balaban J connectivity index is 3.36. The van der Waals surface area contributed by atoms with Crippen molar-refractivity contribution in [3.05, 3.63) is 0 Å². The van der Waals surface area contributed by atoms with Gasteiger partial charge in [-0.15, -0.1) is 0 Å². The molecule has 0 aromatic heterocycles. The van der Waals surface area contributed by atoms with E-state index in [-0.39, 0.29) is 36.0 Å². The molecule has 4 unspecified atom stereocenters. The third-order valence-electron chi connectivity index (χ3n) is 5.39. The highest BCUT2D eigenvalue weighted by Gasteiger charge is 2.06. The van der Waals surface area contributed by atoms with Gasteiger partial charge in [0.1, 0.15) is 0 Å². The third kappa shape index (κ3) is 29.4. The summed E-state index contributed by atoms with van der Waals surface area (Å²) in [5, 5.41) is 22.3. The fraction of sp³-hybridized carbons (Fsp3) is 0.923. The number of ether oxygens (including phenoxy) is 2. The first-order valence-corrected chi connectivity index (χ1v) is 14.5. The molecule has 0 radical (unpaired) electrons. The van der Waals surface area contributed by atoms with Crippen LogP contribution in [0.5, 0.6) is 0 Å². The van der Waals surface area contributed by atoms with Crippen molar-refractivity contribution in [1.29, 1.82) is 0 Å². The van der Waals surface area contributed by atoms with Gasteiger partial charge in [-0.1, -0.05) is 0 Å². The van der Waals surface area contributed by atoms with Crippen molar-refractivity contribution in [3.8, 4) is 0 Å². The summed E-state index contributed by atoms with van der Waals surface area (Å²) in [7, 11) is 0. The molecule has 13 nitrogen and oxygen atoms in total. The molecule has 0 aromatic rings. The van der Waals surface area contributed by atoms with Gasteiger partial charge in [0.25, 0.3) is 0 Å². The van der Waals surface area contributed by atoms with Crippen molar-refractivity contribution >= 4 is 11.8 Å². The van der Waals surface area contributed by atoms with E-state index in [0.717, 1.165) is 39.3 Å². The summed E-state index contributed by atoms with van der Waals surface area (Å²) in [4.78, 5) is 23.8. The van der Waals surface area contributed by atoms with Crippen LogP contribution >= 0.6 is 0 Å². The number of hydrogen-bond donors (Lipinski definition) is 9. The first-order chi connectivity index (χ1) is 18.7. The van der Waals surface area contributed by atoms with Crippen LogP contribution in [-0.2, 0) is 19.1 Å². The van der Waals surface area contributed by atoms with E-state index in [1.165, 1.54) is 0 Å². The van der Waals surface area contributed by atoms with Crippen LogP contribution in [0.4, 0.5) is 0 Å². The molecule has 0 spiro atoms. The first-order valence-electron chi connectivity index (χ1n) is 14.5. The summed E-state index contributed by atoms with van der Waals surface area (Å²) < 4.78 is 10.9. The first kappa shape index (κ1) is 37.6. The van der Waals surface area contributed by atoms with Crippen molar-refractivity contribution in [2.45, 2.75) is 64.7 Å². The summed E-state index contributed by atoms with van der Waals surface area (Å²) in [6.07, 6.45) is 0.884. The van der Waals surface area contributed by atoms with Gasteiger partial charge >= 0.3 is 0 Å². The van der Waals surface area contributed by atoms with E-state index in [1.54, 1.807) is 0 Å². The Kier molecular flexibility index (Phi) is 25.8. The molecule has 2 amide bonds. The molecule has 232 valence electrons. The van der Waals surface area contributed by atoms with Crippen molar-refractivity contribution < 1.29 is 19.1 Å². The van der Waals surface area contributed by atoms with Crippen molar-refractivity contribution in [1.82, 2.24) is 37.2 Å². The Labute approximate surface area is 236 Å². The number of nitrogens with one attached hydrogen (secondary N) is 7. The normalized spacial score (nSPS) is 14.5. The second-order valence-electron chi connectivity index (χ2n) is 10.2. The molecular weight excluding hydrogens is 502 g/mol. The van der Waals surface area contributed by atoms with Gasteiger partial charge in [-0.3, -0.25) is 9.59 Å². The van der Waals surface area contributed by atoms with Gasteiger partial charge in [-0.25, -0.2) is 0 Å². The lowest BCUT2D eigenvalue weighted by molar-refractivity contribution is -0.121. The lowest BCUT2D eigenvalue weighted by Gasteiger charge is -2.15. The number of carbonyl (C=O) groups excluding carboxylic acids is 2. The summed E-state index contributed by atoms with van der Waals surface area (Å²) in [5.41, 5.74) is 11.3. The lowest BCUT2D eigenvalue weighted by Crippen LogP contribution is -2.39. The molecule has 0 saturated heterocycles. The summed E-state index contributed by atoms with van der Waals surface area (Å²) in [5.74, 6) is 0.0806. The van der Waals surface area contributed by atoms with Gasteiger partial charge < -0.3 is 58.2 Å². The number of amides is 2. The molecular formula is C26H59N9O4. The van der Waals surface area contributed by atoms with Crippen LogP contribution in [0.2, 0.25) is 0 Å². The number of hydrogen-bond acceptors (Lipinski definition) is 11. The van der Waals surface area contributed by atoms with E-state index in [9.17, 15) is 9.59 Å². The quantitative estimate of drug-likeness (QED) is 0.0458. The standard InChI is InChI=1S/C26H59N9O4/c1-21(27)17-38-19-23(3)32-7-5-25(36)34-15-13-30-11-9-29-10-12-31-14-16-35-26(37)6-8-33-24(4)20-39-18-22(2)28/h21-24,29-33H,5-20,27-28H2,1-4H3,(H,34,36)(H,35,37). The molecule has 39 heavy (non-hydrogen) atoms. The van der Waals surface area contributed by atoms with E-state index in [2.05, 4.69) is 37.2 Å². The van der Waals surface area contributed by atoms with E-state index in [1.807, 2.05) is 27.7 Å². The molecule has 0 aliphatic rings. The minimum absolute atomic E-state index is 0.0349. The third-order valence-corrected chi connectivity index (χ3v) is 5.39. The second-order valence-corrected chi connectivity index (χ2v) is 10.2. The highest BCUT2D eigenvalue weighted by molar-refractivity contribution is 5.76. The van der Waals surface area contributed by atoms with Gasteiger partial charge in [-0.2, -0.15) is 0 Å². The average Bonchev–Trinajstić information content (AvgIpc) is 2.86. The van der Waals surface area contributed by atoms with Crippen molar-refractivity contribution in [2.24, 2.45) is 11.5 Å². The van der Waals surface area contributed by atoms with Crippen LogP contribution in [0.1, 0.15) is 40.5 Å². The fourth-order valence-corrected chi connectivity index (χ4v) is 3.33. The lowest BCUT2D eigenvalue weighted by atomic mass is 10.3. The Hall–Kier alpha value is -1.42. The highest BCUT2D eigenvalue weighted by atomic mass is 16.5. The molecule has 0 rings (SSSR count). The van der Waals surface area contributed by atoms with Crippen LogP contribution in [-0.4, -0.2) is 128 Å². The molecule has 0 saturated carbocycles. The Morgan fingerprint density at radius 3 is 1.21 bits per heavy atom. The van der Waals surface area contributed by atoms with Gasteiger partial charge in [0.2, 0.25) is 11.8 Å². The SMILES string of the molecule is CC(N)COCC(C)NCCC(=O)NCCNCCNCCNCCNC(=O)CCNC(C)COCC(C)N. The fourth-order valence-electron chi connectivity index (χ4n) is 3.33. The Morgan fingerprint density at radius 2 is 0.872 bits per heavy atom. The topological polar surface area (TPSA) is 189 Å². The van der Waals surface area contributed by atoms with Crippen LogP contribution < -0.4 is 48.7 Å². The maximum absolute atomic E-state index is 11.9. The number of carbonyl (C=O) groups is 2. The largest absolute Gasteiger partial charge is 0.378 e.